The van der Waals surface area contributed by atoms with Crippen molar-refractivity contribution in [1.29, 1.82) is 0 Å². The first kappa shape index (κ1) is 17.7. The molecule has 140 valence electrons. The minimum atomic E-state index is -2.66. The average Bonchev–Trinajstić information content (AvgIpc) is 3.10. The molecule has 0 unspecified atom stereocenters. The summed E-state index contributed by atoms with van der Waals surface area (Å²) >= 11 is 0. The summed E-state index contributed by atoms with van der Waals surface area (Å²) in [5.41, 5.74) is 3.50. The first-order chi connectivity index (χ1) is 13.6. The number of hydrogen-bond acceptors (Lipinski definition) is 4. The van der Waals surface area contributed by atoms with Gasteiger partial charge in [0, 0.05) is 23.0 Å². The number of alkyl halides is 2. The van der Waals surface area contributed by atoms with Crippen LogP contribution in [0.25, 0.3) is 28.2 Å². The van der Waals surface area contributed by atoms with Gasteiger partial charge in [-0.1, -0.05) is 12.1 Å². The van der Waals surface area contributed by atoms with Crippen LogP contribution in [0.15, 0.2) is 54.9 Å². The molecular weight excluding hydrogens is 364 g/mol. The smallest absolute Gasteiger partial charge is 0.280 e. The van der Waals surface area contributed by atoms with Crippen molar-refractivity contribution in [2.75, 3.05) is 5.32 Å². The highest BCUT2D eigenvalue weighted by Gasteiger charge is 2.15. The monoisotopic (exact) mass is 379 g/mol. The number of halogens is 2. The third-order valence-electron chi connectivity index (χ3n) is 4.29. The van der Waals surface area contributed by atoms with E-state index >= 15 is 0 Å². The van der Waals surface area contributed by atoms with E-state index in [1.165, 1.54) is 6.07 Å². The zero-order valence-electron chi connectivity index (χ0n) is 14.8. The van der Waals surface area contributed by atoms with Crippen LogP contribution in [-0.4, -0.2) is 25.8 Å². The molecule has 0 bridgehead atoms. The van der Waals surface area contributed by atoms with E-state index in [-0.39, 0.29) is 5.69 Å². The average molecular weight is 379 g/mol. The predicted molar refractivity (Wildman–Crippen MR) is 101 cm³/mol. The number of nitrogens with one attached hydrogen (secondary N) is 1. The van der Waals surface area contributed by atoms with Gasteiger partial charge in [-0.2, -0.15) is 0 Å². The maximum atomic E-state index is 13.1. The SMILES string of the molecule is Cc1ccc(-c2ccc3ncc(NC=O)n3c2)c(-c2cccc(C(F)F)n2)n1. The van der Waals surface area contributed by atoms with E-state index in [2.05, 4.69) is 20.3 Å². The molecule has 8 heteroatoms. The lowest BCUT2D eigenvalue weighted by molar-refractivity contribution is -0.105. The number of carbonyl (C=O) groups excluding carboxylic acids is 1. The number of fused-ring (bicyclic) bond motifs is 1. The maximum absolute atomic E-state index is 13.1. The van der Waals surface area contributed by atoms with Crippen molar-refractivity contribution in [1.82, 2.24) is 19.4 Å². The number of rotatable bonds is 5. The van der Waals surface area contributed by atoms with Crippen LogP contribution in [0.3, 0.4) is 0 Å². The highest BCUT2D eigenvalue weighted by molar-refractivity contribution is 5.80. The molecule has 0 saturated heterocycles. The van der Waals surface area contributed by atoms with E-state index in [0.717, 1.165) is 16.8 Å². The van der Waals surface area contributed by atoms with Crippen molar-refractivity contribution in [3.63, 3.8) is 0 Å². The topological polar surface area (TPSA) is 72.2 Å². The number of aryl methyl sites for hydroxylation is 1. The van der Waals surface area contributed by atoms with Gasteiger partial charge in [0.1, 0.15) is 17.2 Å². The number of carbonyl (C=O) groups is 1. The van der Waals surface area contributed by atoms with Gasteiger partial charge in [0.05, 0.1) is 17.6 Å². The molecule has 0 atom stereocenters. The number of aromatic nitrogens is 4. The molecule has 28 heavy (non-hydrogen) atoms. The Balaban J connectivity index is 1.89. The van der Waals surface area contributed by atoms with Crippen molar-refractivity contribution in [2.24, 2.45) is 0 Å². The number of hydrogen-bond donors (Lipinski definition) is 1. The number of nitrogens with zero attached hydrogens (tertiary/aromatic N) is 4. The Kier molecular flexibility index (Phi) is 4.52. The first-order valence-electron chi connectivity index (χ1n) is 8.47. The number of amides is 1. The minimum Gasteiger partial charge on any atom is -0.313 e. The third-order valence-corrected chi connectivity index (χ3v) is 4.29. The first-order valence-corrected chi connectivity index (χ1v) is 8.47. The van der Waals surface area contributed by atoms with Crippen molar-refractivity contribution in [3.8, 4) is 22.5 Å². The molecule has 0 fully saturated rings. The number of pyridine rings is 3. The van der Waals surface area contributed by atoms with E-state index in [9.17, 15) is 13.6 Å². The molecule has 6 nitrogen and oxygen atoms in total. The molecule has 1 N–H and O–H groups in total. The van der Waals surface area contributed by atoms with Crippen LogP contribution in [0.4, 0.5) is 14.6 Å². The van der Waals surface area contributed by atoms with Gasteiger partial charge in [-0.15, -0.1) is 0 Å². The van der Waals surface area contributed by atoms with E-state index < -0.39 is 6.43 Å². The lowest BCUT2D eigenvalue weighted by atomic mass is 10.0. The Hall–Kier alpha value is -3.68. The molecule has 4 aromatic rings. The number of imidazole rings is 1. The van der Waals surface area contributed by atoms with Gasteiger partial charge < -0.3 is 5.32 Å². The maximum Gasteiger partial charge on any atom is 0.280 e. The van der Waals surface area contributed by atoms with Gasteiger partial charge >= 0.3 is 0 Å². The van der Waals surface area contributed by atoms with Crippen LogP contribution in [0.5, 0.6) is 0 Å². The highest BCUT2D eigenvalue weighted by atomic mass is 19.3. The fourth-order valence-electron chi connectivity index (χ4n) is 3.00. The van der Waals surface area contributed by atoms with Gasteiger partial charge in [0.2, 0.25) is 6.41 Å². The van der Waals surface area contributed by atoms with Gasteiger partial charge in [0.25, 0.3) is 6.43 Å². The minimum absolute atomic E-state index is 0.297. The Morgan fingerprint density at radius 1 is 1.11 bits per heavy atom. The summed E-state index contributed by atoms with van der Waals surface area (Å²) in [6.45, 7) is 1.83. The molecule has 0 aliphatic rings. The molecule has 0 aromatic carbocycles. The lowest BCUT2D eigenvalue weighted by Crippen LogP contribution is -2.00. The summed E-state index contributed by atoms with van der Waals surface area (Å²) in [5, 5.41) is 2.59. The second kappa shape index (κ2) is 7.15. The van der Waals surface area contributed by atoms with Crippen molar-refractivity contribution < 1.29 is 13.6 Å². The summed E-state index contributed by atoms with van der Waals surface area (Å²) in [5.74, 6) is 0.520. The summed E-state index contributed by atoms with van der Waals surface area (Å²) in [6.07, 6.45) is 1.28. The van der Waals surface area contributed by atoms with E-state index in [1.807, 2.05) is 25.1 Å². The van der Waals surface area contributed by atoms with Crippen LogP contribution in [0.2, 0.25) is 0 Å². The molecule has 0 saturated carbocycles. The normalized spacial score (nSPS) is 11.1. The molecule has 0 radical (unpaired) electrons. The van der Waals surface area contributed by atoms with Crippen molar-refractivity contribution >= 4 is 17.9 Å². The Bertz CT molecular complexity index is 1170. The van der Waals surface area contributed by atoms with Gasteiger partial charge in [-0.05, 0) is 37.3 Å². The van der Waals surface area contributed by atoms with Crippen LogP contribution in [0, 0.1) is 6.92 Å². The van der Waals surface area contributed by atoms with Gasteiger partial charge in [0.15, 0.2) is 0 Å². The van der Waals surface area contributed by atoms with E-state index in [0.29, 0.717) is 29.3 Å². The fourth-order valence-corrected chi connectivity index (χ4v) is 3.00. The summed E-state index contributed by atoms with van der Waals surface area (Å²) in [4.78, 5) is 23.7. The van der Waals surface area contributed by atoms with Crippen molar-refractivity contribution in [3.05, 3.63) is 66.2 Å². The zero-order chi connectivity index (χ0) is 19.7. The standard InChI is InChI=1S/C20H15F2N5O/c1-12-5-7-14(19(25-12)15-3-2-4-16(26-15)20(21)22)13-6-8-17-23-9-18(24-11-28)27(17)10-13/h2-11,20H,1H3,(H,24,28). The van der Waals surface area contributed by atoms with Crippen molar-refractivity contribution in [2.45, 2.75) is 13.3 Å². The second-order valence-corrected chi connectivity index (χ2v) is 6.15. The Morgan fingerprint density at radius 3 is 2.75 bits per heavy atom. The second-order valence-electron chi connectivity index (χ2n) is 6.15. The van der Waals surface area contributed by atoms with Crippen LogP contribution < -0.4 is 5.32 Å². The number of anilines is 1. The molecule has 0 aliphatic carbocycles. The summed E-state index contributed by atoms with van der Waals surface area (Å²) in [6, 6.07) is 11.9. The quantitative estimate of drug-likeness (QED) is 0.526. The molecular formula is C20H15F2N5O. The molecule has 0 aliphatic heterocycles. The van der Waals surface area contributed by atoms with Gasteiger partial charge in [-0.3, -0.25) is 14.2 Å². The molecule has 4 aromatic heterocycles. The predicted octanol–water partition coefficient (Wildman–Crippen LogP) is 4.27. The fraction of sp³-hybridized carbons (Fsp3) is 0.100. The third kappa shape index (κ3) is 3.20. The van der Waals surface area contributed by atoms with Crippen LogP contribution in [0.1, 0.15) is 17.8 Å². The summed E-state index contributed by atoms with van der Waals surface area (Å²) in [7, 11) is 0. The molecule has 1 amide bonds. The Labute approximate surface area is 158 Å². The van der Waals surface area contributed by atoms with Crippen LogP contribution in [-0.2, 0) is 4.79 Å². The molecule has 4 rings (SSSR count). The van der Waals surface area contributed by atoms with Gasteiger partial charge in [-0.25, -0.2) is 18.7 Å². The largest absolute Gasteiger partial charge is 0.313 e. The lowest BCUT2D eigenvalue weighted by Gasteiger charge is -2.11. The summed E-state index contributed by atoms with van der Waals surface area (Å²) < 4.78 is 27.9. The molecule has 4 heterocycles. The van der Waals surface area contributed by atoms with E-state index in [4.69, 9.17) is 0 Å². The van der Waals surface area contributed by atoms with Crippen LogP contribution >= 0.6 is 0 Å². The highest BCUT2D eigenvalue weighted by Crippen LogP contribution is 2.31. The zero-order valence-corrected chi connectivity index (χ0v) is 14.8. The molecule has 0 spiro atoms. The Morgan fingerprint density at radius 2 is 1.96 bits per heavy atom. The van der Waals surface area contributed by atoms with E-state index in [1.54, 1.807) is 35.0 Å².